The number of hydrogen-bond acceptors (Lipinski definition) is 3. The molecule has 3 N–H and O–H groups in total. The van der Waals surface area contributed by atoms with Gasteiger partial charge in [0.2, 0.25) is 0 Å². The number of hydrogen-bond donors (Lipinski definition) is 3. The van der Waals surface area contributed by atoms with Crippen LogP contribution in [0.1, 0.15) is 46.7 Å². The van der Waals surface area contributed by atoms with Crippen molar-refractivity contribution in [3.05, 3.63) is 101 Å². The van der Waals surface area contributed by atoms with Crippen LogP contribution in [0, 0.1) is 13.8 Å². The summed E-state index contributed by atoms with van der Waals surface area (Å²) in [6.07, 6.45) is 1.88. The Kier molecular flexibility index (Phi) is 7.99. The van der Waals surface area contributed by atoms with Crippen LogP contribution in [0.2, 0.25) is 0 Å². The summed E-state index contributed by atoms with van der Waals surface area (Å²) in [5.41, 5.74) is 9.52. The lowest BCUT2D eigenvalue weighted by atomic mass is 9.92. The maximum atomic E-state index is 13.2. The highest BCUT2D eigenvalue weighted by Gasteiger charge is 2.28. The predicted octanol–water partition coefficient (Wildman–Crippen LogP) is 6.53. The maximum absolute atomic E-state index is 13.2. The summed E-state index contributed by atoms with van der Waals surface area (Å²) >= 11 is 0. The first kappa shape index (κ1) is 27.2. The Bertz CT molecular complexity index is 1580. The number of nitrogens with one attached hydrogen (secondary N) is 3. The van der Waals surface area contributed by atoms with Crippen molar-refractivity contribution < 1.29 is 9.59 Å². The third-order valence-electron chi connectivity index (χ3n) is 7.71. The van der Waals surface area contributed by atoms with Crippen LogP contribution in [0.3, 0.4) is 0 Å². The van der Waals surface area contributed by atoms with Crippen LogP contribution >= 0.6 is 0 Å². The summed E-state index contributed by atoms with van der Waals surface area (Å²) < 4.78 is 0. The van der Waals surface area contributed by atoms with E-state index in [0.717, 1.165) is 70.1 Å². The van der Waals surface area contributed by atoms with E-state index in [1.165, 1.54) is 0 Å². The van der Waals surface area contributed by atoms with E-state index < -0.39 is 0 Å². The first-order valence-electron chi connectivity index (χ1n) is 13.9. The lowest BCUT2D eigenvalue weighted by molar-refractivity contribution is -0.110. The van der Waals surface area contributed by atoms with Crippen molar-refractivity contribution in [2.45, 2.75) is 27.7 Å². The fourth-order valence-electron chi connectivity index (χ4n) is 5.48. The summed E-state index contributed by atoms with van der Waals surface area (Å²) in [7, 11) is 0. The van der Waals surface area contributed by atoms with Crippen LogP contribution in [-0.4, -0.2) is 47.9 Å². The molecule has 0 saturated carbocycles. The van der Waals surface area contributed by atoms with Gasteiger partial charge in [0.1, 0.15) is 0 Å². The number of likely N-dealkylation sites (N-methyl/N-ethyl adjacent to an activating group) is 1. The van der Waals surface area contributed by atoms with Gasteiger partial charge in [-0.05, 0) is 73.0 Å². The molecule has 2 heterocycles. The number of H-pyrrole nitrogens is 1. The minimum Gasteiger partial charge on any atom is -0.358 e. The lowest BCUT2D eigenvalue weighted by Gasteiger charge is -2.18. The Morgan fingerprint density at radius 1 is 0.900 bits per heavy atom. The molecule has 0 radical (unpaired) electrons. The van der Waals surface area contributed by atoms with Gasteiger partial charge in [-0.3, -0.25) is 9.59 Å². The van der Waals surface area contributed by atoms with Crippen LogP contribution < -0.4 is 10.6 Å². The third kappa shape index (κ3) is 5.36. The zero-order chi connectivity index (χ0) is 28.2. The zero-order valence-electron chi connectivity index (χ0n) is 23.6. The van der Waals surface area contributed by atoms with E-state index in [-0.39, 0.29) is 11.8 Å². The summed E-state index contributed by atoms with van der Waals surface area (Å²) in [4.78, 5) is 32.0. The van der Waals surface area contributed by atoms with Gasteiger partial charge < -0.3 is 20.5 Å². The third-order valence-corrected chi connectivity index (χ3v) is 7.71. The monoisotopic (exact) mass is 532 g/mol. The number of carbonyl (C=O) groups is 2. The lowest BCUT2D eigenvalue weighted by Crippen LogP contribution is -2.35. The highest BCUT2D eigenvalue weighted by Crippen LogP contribution is 2.41. The first-order chi connectivity index (χ1) is 19.4. The Morgan fingerprint density at radius 2 is 1.60 bits per heavy atom. The van der Waals surface area contributed by atoms with Crippen molar-refractivity contribution in [1.29, 1.82) is 0 Å². The molecule has 3 aromatic carbocycles. The van der Waals surface area contributed by atoms with Gasteiger partial charge in [-0.1, -0.05) is 74.5 Å². The molecular weight excluding hydrogens is 496 g/mol. The molecular formula is C34H36N4O2. The second-order valence-electron chi connectivity index (χ2n) is 10.1. The summed E-state index contributed by atoms with van der Waals surface area (Å²) in [6, 6.07) is 24.6. The van der Waals surface area contributed by atoms with Gasteiger partial charge >= 0.3 is 0 Å². The van der Waals surface area contributed by atoms with Crippen molar-refractivity contribution in [2.24, 2.45) is 0 Å². The summed E-state index contributed by atoms with van der Waals surface area (Å²) in [5, 5.41) is 6.09. The number of carbonyl (C=O) groups excluding carboxylic acids is 2. The Balaban J connectivity index is 1.49. The number of rotatable bonds is 9. The molecule has 0 saturated heterocycles. The van der Waals surface area contributed by atoms with Crippen molar-refractivity contribution in [2.75, 3.05) is 31.5 Å². The molecule has 0 atom stereocenters. The second-order valence-corrected chi connectivity index (χ2v) is 10.1. The smallest absolute Gasteiger partial charge is 0.256 e. The van der Waals surface area contributed by atoms with E-state index >= 15 is 0 Å². The number of benzene rings is 3. The fourth-order valence-corrected chi connectivity index (χ4v) is 5.48. The molecule has 2 amide bonds. The van der Waals surface area contributed by atoms with Gasteiger partial charge in [0.25, 0.3) is 11.8 Å². The zero-order valence-corrected chi connectivity index (χ0v) is 23.6. The van der Waals surface area contributed by atoms with Crippen LogP contribution in [0.15, 0.2) is 72.8 Å². The van der Waals surface area contributed by atoms with Gasteiger partial charge in [-0.2, -0.15) is 0 Å². The number of aryl methyl sites for hydroxylation is 1. The van der Waals surface area contributed by atoms with E-state index in [1.54, 1.807) is 0 Å². The van der Waals surface area contributed by atoms with Crippen molar-refractivity contribution >= 4 is 29.2 Å². The summed E-state index contributed by atoms with van der Waals surface area (Å²) in [5.74, 6) is -0.253. The number of anilines is 1. The molecule has 204 valence electrons. The minimum absolute atomic E-state index is 0.0993. The Morgan fingerprint density at radius 3 is 2.35 bits per heavy atom. The molecule has 5 rings (SSSR count). The normalized spacial score (nSPS) is 13.5. The fraction of sp³-hybridized carbons (Fsp3) is 0.235. The molecule has 40 heavy (non-hydrogen) atoms. The number of amides is 2. The maximum Gasteiger partial charge on any atom is 0.256 e. The molecule has 0 aliphatic carbocycles. The molecule has 0 unspecified atom stereocenters. The second kappa shape index (κ2) is 11.8. The van der Waals surface area contributed by atoms with Gasteiger partial charge in [-0.15, -0.1) is 0 Å². The van der Waals surface area contributed by atoms with Crippen LogP contribution in [0.4, 0.5) is 5.69 Å². The molecule has 6 heteroatoms. The minimum atomic E-state index is -0.154. The van der Waals surface area contributed by atoms with Gasteiger partial charge in [0, 0.05) is 35.7 Å². The molecule has 4 aromatic rings. The topological polar surface area (TPSA) is 77.2 Å². The predicted molar refractivity (Wildman–Crippen MR) is 164 cm³/mol. The standard InChI is InChI=1S/C34H36N4O2/c1-5-38(6-2)19-18-35-34(40)31-22(3)30(36-23(31)4)21-28-32-27(16-11-17-29(32)37-33(28)39)26-15-10-14-25(20-26)24-12-8-7-9-13-24/h7-17,20-21,36H,5-6,18-19H2,1-4H3,(H,35,40)(H,37,39). The van der Waals surface area contributed by atoms with Crippen molar-refractivity contribution in [3.8, 4) is 22.3 Å². The number of nitrogens with zero attached hydrogens (tertiary/aromatic N) is 1. The quantitative estimate of drug-likeness (QED) is 0.215. The Labute approximate surface area is 236 Å². The molecule has 1 aliphatic heterocycles. The van der Waals surface area contributed by atoms with Crippen LogP contribution in [0.25, 0.3) is 33.9 Å². The van der Waals surface area contributed by atoms with Gasteiger partial charge in [-0.25, -0.2) is 0 Å². The van der Waals surface area contributed by atoms with Crippen LogP contribution in [-0.2, 0) is 4.79 Å². The molecule has 0 fully saturated rings. The van der Waals surface area contributed by atoms with E-state index in [4.69, 9.17) is 0 Å². The van der Waals surface area contributed by atoms with Gasteiger partial charge in [0.15, 0.2) is 0 Å². The van der Waals surface area contributed by atoms with Gasteiger partial charge in [0.05, 0.1) is 11.1 Å². The molecule has 1 aromatic heterocycles. The average molecular weight is 533 g/mol. The van der Waals surface area contributed by atoms with E-state index in [2.05, 4.69) is 70.8 Å². The molecule has 6 nitrogen and oxygen atoms in total. The number of fused-ring (bicyclic) bond motifs is 1. The largest absolute Gasteiger partial charge is 0.358 e. The first-order valence-corrected chi connectivity index (χ1v) is 13.9. The number of aromatic amines is 1. The summed E-state index contributed by atoms with van der Waals surface area (Å²) in [6.45, 7) is 11.4. The number of aromatic nitrogens is 1. The van der Waals surface area contributed by atoms with E-state index in [9.17, 15) is 9.59 Å². The SMILES string of the molecule is CCN(CC)CCNC(=O)c1c(C)[nH]c(C=C2C(=O)Nc3cccc(-c4cccc(-c5ccccc5)c4)c32)c1C. The molecule has 0 spiro atoms. The highest BCUT2D eigenvalue weighted by molar-refractivity contribution is 6.36. The molecule has 1 aliphatic rings. The van der Waals surface area contributed by atoms with Crippen LogP contribution in [0.5, 0.6) is 0 Å². The highest BCUT2D eigenvalue weighted by atomic mass is 16.2. The molecule has 0 bridgehead atoms. The Hall–Kier alpha value is -4.42. The van der Waals surface area contributed by atoms with E-state index in [0.29, 0.717) is 17.7 Å². The van der Waals surface area contributed by atoms with Crippen molar-refractivity contribution in [1.82, 2.24) is 15.2 Å². The van der Waals surface area contributed by atoms with E-state index in [1.807, 2.05) is 56.3 Å². The van der Waals surface area contributed by atoms with Crippen molar-refractivity contribution in [3.63, 3.8) is 0 Å². The average Bonchev–Trinajstić information content (AvgIpc) is 3.45.